The van der Waals surface area contributed by atoms with Crippen molar-refractivity contribution < 1.29 is 9.59 Å². The summed E-state index contributed by atoms with van der Waals surface area (Å²) in [5, 5.41) is 12.5. The van der Waals surface area contributed by atoms with Crippen molar-refractivity contribution in [3.63, 3.8) is 0 Å². The molecule has 1 saturated heterocycles. The molecule has 1 atom stereocenters. The number of carbonyl (C=O) groups excluding carboxylic acids is 2. The van der Waals surface area contributed by atoms with E-state index in [0.717, 1.165) is 11.1 Å². The Bertz CT molecular complexity index is 1040. The van der Waals surface area contributed by atoms with Gasteiger partial charge in [0.25, 0.3) is 5.91 Å². The third-order valence-electron chi connectivity index (χ3n) is 4.75. The molecular weight excluding hydrogens is 382 g/mol. The van der Waals surface area contributed by atoms with Crippen molar-refractivity contribution in [2.45, 2.75) is 25.5 Å². The Morgan fingerprint density at radius 3 is 2.62 bits per heavy atom. The first-order valence-electron chi connectivity index (χ1n) is 9.16. The molecule has 1 aliphatic rings. The molecule has 2 amide bonds. The number of aryl methyl sites for hydroxylation is 1. The van der Waals surface area contributed by atoms with Gasteiger partial charge < -0.3 is 5.32 Å². The Balaban J connectivity index is 2.04. The van der Waals surface area contributed by atoms with Gasteiger partial charge in [-0.3, -0.25) is 14.5 Å². The molecule has 2 aromatic carbocycles. The van der Waals surface area contributed by atoms with Crippen LogP contribution in [0.15, 0.2) is 71.8 Å². The van der Waals surface area contributed by atoms with Crippen molar-refractivity contribution in [1.82, 2.24) is 0 Å². The summed E-state index contributed by atoms with van der Waals surface area (Å²) in [5.74, 6) is -0.694. The van der Waals surface area contributed by atoms with Gasteiger partial charge in [-0.05, 0) is 49.6 Å². The molecule has 3 rings (SSSR count). The summed E-state index contributed by atoms with van der Waals surface area (Å²) in [7, 11) is 0. The average molecular weight is 404 g/mol. The van der Waals surface area contributed by atoms with E-state index in [1.54, 1.807) is 24.3 Å². The lowest BCUT2D eigenvalue weighted by Crippen LogP contribution is -2.29. The van der Waals surface area contributed by atoms with Crippen LogP contribution in [0.3, 0.4) is 0 Å². The van der Waals surface area contributed by atoms with Gasteiger partial charge in [0.15, 0.2) is 0 Å². The highest BCUT2D eigenvalue weighted by Gasteiger charge is 2.40. The Hall–Kier alpha value is -3.30. The summed E-state index contributed by atoms with van der Waals surface area (Å²) < 4.78 is 0. The predicted octanol–water partition coefficient (Wildman–Crippen LogP) is 4.70. The minimum Gasteiger partial charge on any atom is -0.321 e. The Morgan fingerprint density at radius 2 is 1.97 bits per heavy atom. The van der Waals surface area contributed by atoms with Crippen LogP contribution in [-0.4, -0.2) is 17.1 Å². The van der Waals surface area contributed by atoms with Crippen molar-refractivity contribution >= 4 is 35.0 Å². The van der Waals surface area contributed by atoms with E-state index in [0.29, 0.717) is 22.8 Å². The van der Waals surface area contributed by atoms with Gasteiger partial charge in [0, 0.05) is 11.4 Å². The molecule has 1 aliphatic heterocycles. The lowest BCUT2D eigenvalue weighted by Gasteiger charge is -2.18. The number of allylic oxidation sites excluding steroid dienone is 1. The fraction of sp³-hybridized carbons (Fsp3) is 0.174. The number of nitrogens with zero attached hydrogens (tertiary/aromatic N) is 2. The number of hydrogen-bond acceptors (Lipinski definition) is 4. The maximum absolute atomic E-state index is 13.0. The number of benzene rings is 2. The molecule has 5 nitrogen and oxygen atoms in total. The molecule has 0 bridgehead atoms. The fourth-order valence-corrected chi connectivity index (χ4v) is 4.31. The normalized spacial score (nSPS) is 17.6. The van der Waals surface area contributed by atoms with Gasteiger partial charge in [0.05, 0.1) is 5.25 Å². The number of rotatable bonds is 5. The largest absolute Gasteiger partial charge is 0.321 e. The van der Waals surface area contributed by atoms with E-state index in [2.05, 4.69) is 11.9 Å². The van der Waals surface area contributed by atoms with Crippen LogP contribution in [0.4, 0.5) is 11.4 Å². The number of carbonyl (C=O) groups is 2. The number of anilines is 2. The van der Waals surface area contributed by atoms with Crippen LogP contribution in [-0.2, 0) is 9.59 Å². The van der Waals surface area contributed by atoms with E-state index >= 15 is 0 Å². The topological polar surface area (TPSA) is 73.2 Å². The fourth-order valence-electron chi connectivity index (χ4n) is 3.04. The lowest BCUT2D eigenvalue weighted by molar-refractivity contribution is -0.117. The van der Waals surface area contributed by atoms with Crippen molar-refractivity contribution in [3.8, 4) is 6.07 Å². The van der Waals surface area contributed by atoms with Gasteiger partial charge in [-0.2, -0.15) is 5.26 Å². The maximum Gasteiger partial charge on any atom is 0.269 e. The number of hydrogen-bond donors (Lipinski definition) is 1. The third-order valence-corrected chi connectivity index (χ3v) is 6.04. The lowest BCUT2D eigenvalue weighted by atomic mass is 10.1. The molecular formula is C23H21N3O2S. The van der Waals surface area contributed by atoms with E-state index in [4.69, 9.17) is 0 Å². The highest BCUT2D eigenvalue weighted by atomic mass is 32.2. The smallest absolute Gasteiger partial charge is 0.269 e. The number of amides is 2. The minimum atomic E-state index is -0.531. The second kappa shape index (κ2) is 8.80. The SMILES string of the molecule is C=CC[C@H]1S/C(=C(/C#N)C(=O)Nc2cccc(C)c2C)N(c2ccccc2)C1=O. The summed E-state index contributed by atoms with van der Waals surface area (Å²) in [6.45, 7) is 7.58. The molecule has 1 heterocycles. The van der Waals surface area contributed by atoms with E-state index in [-0.39, 0.29) is 11.5 Å². The first kappa shape index (κ1) is 20.4. The number of nitrogens with one attached hydrogen (secondary N) is 1. The van der Waals surface area contributed by atoms with Crippen LogP contribution < -0.4 is 10.2 Å². The van der Waals surface area contributed by atoms with Crippen LogP contribution in [0, 0.1) is 25.2 Å². The van der Waals surface area contributed by atoms with Crippen LogP contribution in [0.5, 0.6) is 0 Å². The Kier molecular flexibility index (Phi) is 6.20. The highest BCUT2D eigenvalue weighted by molar-refractivity contribution is 8.05. The minimum absolute atomic E-state index is 0.0836. The summed E-state index contributed by atoms with van der Waals surface area (Å²) in [4.78, 5) is 27.4. The summed E-state index contributed by atoms with van der Waals surface area (Å²) in [6.07, 6.45) is 2.12. The van der Waals surface area contributed by atoms with Crippen molar-refractivity contribution in [1.29, 1.82) is 5.26 Å². The number of nitriles is 1. The summed E-state index contributed by atoms with van der Waals surface area (Å²) in [5.41, 5.74) is 3.16. The van der Waals surface area contributed by atoms with Gasteiger partial charge in [-0.15, -0.1) is 6.58 Å². The molecule has 0 radical (unpaired) electrons. The molecule has 0 spiro atoms. The monoisotopic (exact) mass is 403 g/mol. The first-order valence-corrected chi connectivity index (χ1v) is 10.0. The molecule has 1 N–H and O–H groups in total. The number of thioether (sulfide) groups is 1. The van der Waals surface area contributed by atoms with Crippen LogP contribution in [0.25, 0.3) is 0 Å². The highest BCUT2D eigenvalue weighted by Crippen LogP contribution is 2.42. The molecule has 0 aliphatic carbocycles. The van der Waals surface area contributed by atoms with Gasteiger partial charge in [0.2, 0.25) is 5.91 Å². The Morgan fingerprint density at radius 1 is 1.24 bits per heavy atom. The summed E-state index contributed by atoms with van der Waals surface area (Å²) >= 11 is 1.23. The van der Waals surface area contributed by atoms with Gasteiger partial charge >= 0.3 is 0 Å². The van der Waals surface area contributed by atoms with Crippen molar-refractivity contribution in [2.75, 3.05) is 10.2 Å². The van der Waals surface area contributed by atoms with E-state index < -0.39 is 11.2 Å². The number of para-hydroxylation sites is 1. The predicted molar refractivity (Wildman–Crippen MR) is 117 cm³/mol. The van der Waals surface area contributed by atoms with Crippen molar-refractivity contribution in [2.24, 2.45) is 0 Å². The maximum atomic E-state index is 13.0. The molecule has 146 valence electrons. The van der Waals surface area contributed by atoms with Gasteiger partial charge in [0.1, 0.15) is 16.7 Å². The van der Waals surface area contributed by atoms with Crippen LogP contribution in [0.1, 0.15) is 17.5 Å². The van der Waals surface area contributed by atoms with Crippen LogP contribution in [0.2, 0.25) is 0 Å². The van der Waals surface area contributed by atoms with Gasteiger partial charge in [-0.1, -0.05) is 48.2 Å². The molecule has 29 heavy (non-hydrogen) atoms. The van der Waals surface area contributed by atoms with Gasteiger partial charge in [-0.25, -0.2) is 0 Å². The standard InChI is InChI=1S/C23H21N3O2S/c1-4-9-20-22(28)26(17-11-6-5-7-12-17)23(29-20)18(14-24)21(27)25-19-13-8-10-15(2)16(19)3/h4-8,10-13,20H,1,9H2,2-3H3,(H,25,27)/b23-18-/t20-/m1/s1. The first-order chi connectivity index (χ1) is 14.0. The zero-order valence-corrected chi connectivity index (χ0v) is 17.1. The zero-order valence-electron chi connectivity index (χ0n) is 16.3. The molecule has 0 aromatic heterocycles. The third kappa shape index (κ3) is 4.10. The van der Waals surface area contributed by atoms with Crippen LogP contribution >= 0.6 is 11.8 Å². The second-order valence-corrected chi connectivity index (χ2v) is 7.83. The molecule has 0 unspecified atom stereocenters. The van der Waals surface area contributed by atoms with E-state index in [1.165, 1.54) is 16.7 Å². The van der Waals surface area contributed by atoms with E-state index in [9.17, 15) is 14.9 Å². The quantitative estimate of drug-likeness (QED) is 0.446. The molecule has 0 saturated carbocycles. The average Bonchev–Trinajstić information content (AvgIpc) is 3.03. The molecule has 1 fully saturated rings. The Labute approximate surface area is 174 Å². The second-order valence-electron chi connectivity index (χ2n) is 6.63. The summed E-state index contributed by atoms with van der Waals surface area (Å²) in [6, 6.07) is 16.6. The van der Waals surface area contributed by atoms with E-state index in [1.807, 2.05) is 50.2 Å². The molecule has 6 heteroatoms. The zero-order chi connectivity index (χ0) is 21.0. The van der Waals surface area contributed by atoms with Crippen molar-refractivity contribution in [3.05, 3.63) is 82.9 Å². The molecule has 2 aromatic rings.